The number of carbonyl (C=O) groups is 2. The molecule has 0 aliphatic carbocycles. The van der Waals surface area contributed by atoms with Gasteiger partial charge in [-0.2, -0.15) is 5.26 Å². The number of esters is 1. The van der Waals surface area contributed by atoms with Crippen molar-refractivity contribution in [2.45, 2.75) is 12.8 Å². The molecule has 1 aliphatic rings. The van der Waals surface area contributed by atoms with Crippen molar-refractivity contribution in [3.63, 3.8) is 0 Å². The van der Waals surface area contributed by atoms with Crippen molar-refractivity contribution in [1.82, 2.24) is 0 Å². The van der Waals surface area contributed by atoms with E-state index in [9.17, 15) is 14.9 Å². The van der Waals surface area contributed by atoms with E-state index in [4.69, 9.17) is 22.1 Å². The summed E-state index contributed by atoms with van der Waals surface area (Å²) in [6.07, 6.45) is 0. The van der Waals surface area contributed by atoms with Crippen LogP contribution in [0.2, 0.25) is 5.02 Å². The second-order valence-electron chi connectivity index (χ2n) is 4.77. The molecule has 0 aromatic heterocycles. The van der Waals surface area contributed by atoms with Gasteiger partial charge in [-0.1, -0.05) is 23.7 Å². The highest BCUT2D eigenvalue weighted by Gasteiger charge is 2.38. The van der Waals surface area contributed by atoms with Crippen molar-refractivity contribution in [3.8, 4) is 6.07 Å². The summed E-state index contributed by atoms with van der Waals surface area (Å²) in [4.78, 5) is 24.0. The molecule has 1 heterocycles. The number of hydrogen-bond donors (Lipinski definition) is 1. The lowest BCUT2D eigenvalue weighted by Crippen LogP contribution is -2.27. The van der Waals surface area contributed by atoms with Crippen molar-refractivity contribution in [2.75, 3.05) is 7.11 Å². The molecule has 1 aromatic carbocycles. The molecule has 0 saturated heterocycles. The van der Waals surface area contributed by atoms with Gasteiger partial charge in [0.25, 0.3) is 0 Å². The van der Waals surface area contributed by atoms with Gasteiger partial charge in [0.05, 0.1) is 18.6 Å². The molecule has 118 valence electrons. The van der Waals surface area contributed by atoms with Crippen molar-refractivity contribution in [3.05, 3.63) is 57.6 Å². The van der Waals surface area contributed by atoms with Gasteiger partial charge in [0, 0.05) is 5.02 Å². The van der Waals surface area contributed by atoms with Crippen LogP contribution in [-0.2, 0) is 19.1 Å². The Labute approximate surface area is 137 Å². The Bertz CT molecular complexity index is 790. The average Bonchev–Trinajstić information content (AvgIpc) is 2.52. The SMILES string of the molecule is COC(=O)C1=C(C(C)=O)[C@@H](c2cccc(Cl)c2)C(C#N)=C(N)O1. The molecule has 0 bridgehead atoms. The van der Waals surface area contributed by atoms with Gasteiger partial charge in [-0.15, -0.1) is 0 Å². The first-order chi connectivity index (χ1) is 10.9. The minimum absolute atomic E-state index is 0.00451. The van der Waals surface area contributed by atoms with Gasteiger partial charge < -0.3 is 15.2 Å². The van der Waals surface area contributed by atoms with Crippen molar-refractivity contribution in [1.29, 1.82) is 5.26 Å². The number of benzene rings is 1. The predicted molar refractivity (Wildman–Crippen MR) is 81.8 cm³/mol. The van der Waals surface area contributed by atoms with Crippen LogP contribution in [0.5, 0.6) is 0 Å². The molecule has 6 nitrogen and oxygen atoms in total. The zero-order chi connectivity index (χ0) is 17.1. The number of nitriles is 1. The first kappa shape index (κ1) is 16.6. The summed E-state index contributed by atoms with van der Waals surface area (Å²) >= 11 is 5.99. The molecule has 0 spiro atoms. The summed E-state index contributed by atoms with van der Waals surface area (Å²) in [6, 6.07) is 8.54. The molecule has 1 aliphatic heterocycles. The van der Waals surface area contributed by atoms with E-state index in [2.05, 4.69) is 4.74 Å². The van der Waals surface area contributed by atoms with E-state index in [1.54, 1.807) is 24.3 Å². The van der Waals surface area contributed by atoms with Crippen LogP contribution < -0.4 is 5.73 Å². The number of ketones is 1. The molecule has 0 unspecified atom stereocenters. The smallest absolute Gasteiger partial charge is 0.374 e. The number of ether oxygens (including phenoxy) is 2. The average molecular weight is 333 g/mol. The first-order valence-corrected chi connectivity index (χ1v) is 6.95. The zero-order valence-corrected chi connectivity index (χ0v) is 13.2. The van der Waals surface area contributed by atoms with Crippen LogP contribution in [0, 0.1) is 11.3 Å². The largest absolute Gasteiger partial charge is 0.463 e. The predicted octanol–water partition coefficient (Wildman–Crippen LogP) is 2.16. The molecule has 0 amide bonds. The number of Topliss-reactive ketones (excluding diaryl/α,β-unsaturated/α-hetero) is 1. The molecule has 2 N–H and O–H groups in total. The molecule has 0 saturated carbocycles. The first-order valence-electron chi connectivity index (χ1n) is 6.57. The lowest BCUT2D eigenvalue weighted by molar-refractivity contribution is -0.140. The third kappa shape index (κ3) is 3.05. The Morgan fingerprint density at radius 1 is 1.43 bits per heavy atom. The number of methoxy groups -OCH3 is 1. The molecule has 23 heavy (non-hydrogen) atoms. The van der Waals surface area contributed by atoms with Gasteiger partial charge >= 0.3 is 5.97 Å². The van der Waals surface area contributed by atoms with Gasteiger partial charge in [-0.05, 0) is 24.6 Å². The van der Waals surface area contributed by atoms with Crippen LogP contribution in [0.1, 0.15) is 18.4 Å². The number of nitrogens with two attached hydrogens (primary N) is 1. The molecule has 1 atom stereocenters. The van der Waals surface area contributed by atoms with Crippen LogP contribution in [0.4, 0.5) is 0 Å². The summed E-state index contributed by atoms with van der Waals surface area (Å²) in [6.45, 7) is 1.27. The van der Waals surface area contributed by atoms with Crippen LogP contribution in [0.3, 0.4) is 0 Å². The summed E-state index contributed by atoms with van der Waals surface area (Å²) in [5, 5.41) is 9.82. The van der Waals surface area contributed by atoms with Crippen LogP contribution in [0.15, 0.2) is 47.1 Å². The van der Waals surface area contributed by atoms with Gasteiger partial charge in [0.15, 0.2) is 5.78 Å². The molecule has 0 radical (unpaired) electrons. The maximum absolute atomic E-state index is 12.1. The molecule has 2 rings (SSSR count). The van der Waals surface area contributed by atoms with E-state index in [1.165, 1.54) is 6.92 Å². The lowest BCUT2D eigenvalue weighted by Gasteiger charge is -2.26. The Kier molecular flexibility index (Phi) is 4.72. The number of hydrogen-bond acceptors (Lipinski definition) is 6. The fourth-order valence-electron chi connectivity index (χ4n) is 2.38. The monoisotopic (exact) mass is 332 g/mol. The fourth-order valence-corrected chi connectivity index (χ4v) is 2.58. The molecule has 0 fully saturated rings. The number of nitrogens with zero attached hydrogens (tertiary/aromatic N) is 1. The topological polar surface area (TPSA) is 102 Å². The normalized spacial score (nSPS) is 17.4. The minimum Gasteiger partial charge on any atom is -0.463 e. The number of allylic oxidation sites excluding steroid dienone is 2. The van der Waals surface area contributed by atoms with Crippen molar-refractivity contribution < 1.29 is 19.1 Å². The van der Waals surface area contributed by atoms with Gasteiger partial charge in [0.2, 0.25) is 11.6 Å². The van der Waals surface area contributed by atoms with E-state index in [1.807, 2.05) is 6.07 Å². The standard InChI is InChI=1S/C16H13ClN2O4/c1-8(20)12-13(9-4-3-5-10(17)6-9)11(7-18)15(19)23-14(12)16(21)22-2/h3-6,13H,19H2,1-2H3/t13-/m0/s1. The van der Waals surface area contributed by atoms with Crippen LogP contribution in [0.25, 0.3) is 0 Å². The Balaban J connectivity index is 2.75. The molecular weight excluding hydrogens is 320 g/mol. The second kappa shape index (κ2) is 6.55. The zero-order valence-electron chi connectivity index (χ0n) is 12.4. The highest BCUT2D eigenvalue weighted by molar-refractivity contribution is 6.30. The van der Waals surface area contributed by atoms with Crippen LogP contribution in [-0.4, -0.2) is 18.9 Å². The van der Waals surface area contributed by atoms with Crippen molar-refractivity contribution in [2.24, 2.45) is 5.73 Å². The Morgan fingerprint density at radius 2 is 2.13 bits per heavy atom. The Morgan fingerprint density at radius 3 is 2.65 bits per heavy atom. The third-order valence-corrected chi connectivity index (χ3v) is 3.59. The van der Waals surface area contributed by atoms with E-state index in [-0.39, 0.29) is 22.8 Å². The van der Waals surface area contributed by atoms with E-state index >= 15 is 0 Å². The number of halogens is 1. The summed E-state index contributed by atoms with van der Waals surface area (Å²) in [7, 11) is 1.16. The summed E-state index contributed by atoms with van der Waals surface area (Å²) in [5.41, 5.74) is 6.33. The van der Waals surface area contributed by atoms with Gasteiger partial charge in [-0.3, -0.25) is 4.79 Å². The van der Waals surface area contributed by atoms with Gasteiger partial charge in [0.1, 0.15) is 11.6 Å². The minimum atomic E-state index is -0.848. The molecular formula is C16H13ClN2O4. The van der Waals surface area contributed by atoms with E-state index in [0.717, 1.165) is 7.11 Å². The lowest BCUT2D eigenvalue weighted by atomic mass is 9.81. The van der Waals surface area contributed by atoms with Crippen molar-refractivity contribution >= 4 is 23.4 Å². The Hall–Kier alpha value is -2.78. The fraction of sp³-hybridized carbons (Fsp3) is 0.188. The van der Waals surface area contributed by atoms with Gasteiger partial charge in [-0.25, -0.2) is 4.79 Å². The van der Waals surface area contributed by atoms with Crippen LogP contribution >= 0.6 is 11.6 Å². The number of carbonyl (C=O) groups excluding carboxylic acids is 2. The summed E-state index contributed by atoms with van der Waals surface area (Å²) < 4.78 is 9.82. The number of rotatable bonds is 3. The highest BCUT2D eigenvalue weighted by Crippen LogP contribution is 2.40. The maximum Gasteiger partial charge on any atom is 0.374 e. The molecule has 1 aromatic rings. The van der Waals surface area contributed by atoms with E-state index in [0.29, 0.717) is 10.6 Å². The summed E-state index contributed by atoms with van der Waals surface area (Å²) in [5.74, 6) is -2.69. The molecule has 7 heteroatoms. The second-order valence-corrected chi connectivity index (χ2v) is 5.21. The highest BCUT2D eigenvalue weighted by atomic mass is 35.5. The van der Waals surface area contributed by atoms with E-state index < -0.39 is 17.7 Å². The maximum atomic E-state index is 12.1. The quantitative estimate of drug-likeness (QED) is 0.851. The third-order valence-electron chi connectivity index (χ3n) is 3.35.